The lowest BCUT2D eigenvalue weighted by Crippen LogP contribution is -3.00. The van der Waals surface area contributed by atoms with Crippen molar-refractivity contribution in [2.24, 2.45) is 0 Å². The van der Waals surface area contributed by atoms with Crippen LogP contribution in [0.5, 0.6) is 0 Å². The van der Waals surface area contributed by atoms with Gasteiger partial charge in [-0.25, -0.2) is 0 Å². The van der Waals surface area contributed by atoms with Gasteiger partial charge >= 0.3 is 0 Å². The first-order chi connectivity index (χ1) is 0. The van der Waals surface area contributed by atoms with E-state index in [1.165, 1.54) is 0 Å². The van der Waals surface area contributed by atoms with E-state index in [-0.39, 0.29) is 30.9 Å². The molecule has 0 aromatic heterocycles. The van der Waals surface area contributed by atoms with Gasteiger partial charge in [0.15, 0.2) is 0 Å². The van der Waals surface area contributed by atoms with E-state index in [0.29, 0.717) is 0 Å². The van der Waals surface area contributed by atoms with Crippen molar-refractivity contribution in [2.45, 2.75) is 0 Å². The molecular formula is H10ClN3. The summed E-state index contributed by atoms with van der Waals surface area (Å²) in [7, 11) is 0. The van der Waals surface area contributed by atoms with Gasteiger partial charge in [0.25, 0.3) is 0 Å². The molecule has 0 spiro atoms. The van der Waals surface area contributed by atoms with Gasteiger partial charge in [-0.05, 0) is 0 Å². The first kappa shape index (κ1) is 1450. The minimum Gasteiger partial charge on any atom is -1.00 e. The fourth-order valence-electron chi connectivity index (χ4n) is 0. The molecule has 0 aromatic rings. The van der Waals surface area contributed by atoms with Crippen LogP contribution in [0.1, 0.15) is 0 Å². The minimum absolute atomic E-state index is 0. The molecule has 10 N–H and O–H groups in total. The van der Waals surface area contributed by atoms with E-state index >= 15 is 0 Å². The zero-order valence-corrected chi connectivity index (χ0v) is 3.55. The monoisotopic (exact) mass is 87.1 g/mol. The quantitative estimate of drug-likeness (QED) is 0.309. The van der Waals surface area contributed by atoms with Crippen molar-refractivity contribution in [3.63, 3.8) is 0 Å². The van der Waals surface area contributed by atoms with Gasteiger partial charge in [-0.15, -0.1) is 0 Å². The maximum atomic E-state index is 0. The first-order valence-corrected chi connectivity index (χ1v) is 0. The number of quaternary nitrogens is 1. The van der Waals surface area contributed by atoms with Crippen LogP contribution in [-0.2, 0) is 0 Å². The lowest BCUT2D eigenvalue weighted by Gasteiger charge is -1.00. The summed E-state index contributed by atoms with van der Waals surface area (Å²) in [4.78, 5) is 0. The summed E-state index contributed by atoms with van der Waals surface area (Å²) < 4.78 is 0. The van der Waals surface area contributed by atoms with Crippen molar-refractivity contribution in [3.8, 4) is 0 Å². The molecular weight excluding hydrogens is 77.5 g/mol. The summed E-state index contributed by atoms with van der Waals surface area (Å²) in [6, 6.07) is 0. The van der Waals surface area contributed by atoms with Crippen molar-refractivity contribution in [2.75, 3.05) is 0 Å². The molecule has 0 saturated carbocycles. The molecule has 0 atom stereocenters. The van der Waals surface area contributed by atoms with Gasteiger partial charge in [-0.3, -0.25) is 0 Å². The Labute approximate surface area is 31.9 Å². The van der Waals surface area contributed by atoms with Gasteiger partial charge in [0, 0.05) is 0 Å². The van der Waals surface area contributed by atoms with E-state index in [4.69, 9.17) is 0 Å². The Morgan fingerprint density at radius 1 is 0.750 bits per heavy atom. The van der Waals surface area contributed by atoms with Crippen LogP contribution >= 0.6 is 0 Å². The van der Waals surface area contributed by atoms with E-state index in [1.807, 2.05) is 0 Å². The molecule has 0 fully saturated rings. The van der Waals surface area contributed by atoms with Crippen molar-refractivity contribution in [1.29, 1.82) is 0 Å². The molecule has 0 rings (SSSR count). The van der Waals surface area contributed by atoms with Gasteiger partial charge in [-0.1, -0.05) is 0 Å². The zero-order chi connectivity index (χ0) is 0. The van der Waals surface area contributed by atoms with Gasteiger partial charge in [0.1, 0.15) is 0 Å². The maximum absolute atomic E-state index is 0. The van der Waals surface area contributed by atoms with Crippen molar-refractivity contribution >= 4 is 0 Å². The Morgan fingerprint density at radius 2 is 0.750 bits per heavy atom. The Hall–Kier alpha value is 0.170. The number of rotatable bonds is 0. The Bertz CT molecular complexity index is 3.25. The fourth-order valence-corrected chi connectivity index (χ4v) is 0. The maximum Gasteiger partial charge on any atom is -0.344 e. The number of hydrogen-bond acceptors (Lipinski definition) is 2. The van der Waals surface area contributed by atoms with Crippen LogP contribution in [0, 0.1) is 0 Å². The molecule has 0 aromatic carbocycles. The van der Waals surface area contributed by atoms with Crippen LogP contribution < -0.4 is 30.9 Å². The van der Waals surface area contributed by atoms with E-state index < -0.39 is 0 Å². The van der Waals surface area contributed by atoms with Gasteiger partial charge < -0.3 is 30.9 Å². The summed E-state index contributed by atoms with van der Waals surface area (Å²) in [6.45, 7) is 0. The van der Waals surface area contributed by atoms with Crippen LogP contribution in [0.2, 0.25) is 0 Å². The smallest absolute Gasteiger partial charge is 0.344 e. The van der Waals surface area contributed by atoms with E-state index in [0.717, 1.165) is 0 Å². The molecule has 4 heavy (non-hydrogen) atoms. The summed E-state index contributed by atoms with van der Waals surface area (Å²) >= 11 is 0. The molecule has 4 heteroatoms. The third-order valence-corrected chi connectivity index (χ3v) is 0. The van der Waals surface area contributed by atoms with E-state index in [9.17, 15) is 0 Å². The Kier molecular flexibility index (Phi) is 187000. The Balaban J connectivity index is 0. The van der Waals surface area contributed by atoms with Crippen LogP contribution in [0.3, 0.4) is 0 Å². The number of hydrogen-bond donors (Lipinski definition) is 3. The molecule has 0 saturated heterocycles. The van der Waals surface area contributed by atoms with Crippen LogP contribution in [0.4, 0.5) is 0 Å². The lowest BCUT2D eigenvalue weighted by molar-refractivity contribution is -0.00000140. The molecule has 0 bridgehead atoms. The van der Waals surface area contributed by atoms with Crippen LogP contribution in [0.15, 0.2) is 0 Å². The number of halogens is 1. The molecule has 32 valence electrons. The Morgan fingerprint density at radius 3 is 0.750 bits per heavy atom. The molecule has 0 amide bonds. The summed E-state index contributed by atoms with van der Waals surface area (Å²) in [5, 5.41) is 0. The second-order valence-electron chi connectivity index (χ2n) is 0. The highest BCUT2D eigenvalue weighted by atomic mass is 35.5. The molecule has 3 nitrogen and oxygen atoms in total. The second-order valence-corrected chi connectivity index (χ2v) is 0. The zero-order valence-electron chi connectivity index (χ0n) is 2.79. The fraction of sp³-hybridized carbons (Fsp3) is 0. The molecule has 0 aliphatic carbocycles. The summed E-state index contributed by atoms with van der Waals surface area (Å²) in [6.07, 6.45) is 0. The second kappa shape index (κ2) is 517. The van der Waals surface area contributed by atoms with Crippen molar-refractivity contribution in [3.05, 3.63) is 0 Å². The summed E-state index contributed by atoms with van der Waals surface area (Å²) in [5.74, 6) is 0. The largest absolute Gasteiger partial charge is 1.00 e. The van der Waals surface area contributed by atoms with Crippen molar-refractivity contribution in [1.82, 2.24) is 18.5 Å². The average Bonchev–Trinajstić information content (AvgIpc) is 0. The van der Waals surface area contributed by atoms with E-state index in [2.05, 4.69) is 0 Å². The topological polar surface area (TPSA) is 106 Å². The average molecular weight is 87.6 g/mol. The van der Waals surface area contributed by atoms with Gasteiger partial charge in [0.05, 0.1) is 0 Å². The minimum atomic E-state index is 0. The van der Waals surface area contributed by atoms with E-state index in [1.54, 1.807) is 0 Å². The summed E-state index contributed by atoms with van der Waals surface area (Å²) in [5.41, 5.74) is 0. The van der Waals surface area contributed by atoms with Gasteiger partial charge in [-0.2, -0.15) is 0 Å². The molecule has 0 aliphatic heterocycles. The predicted octanol–water partition coefficient (Wildman–Crippen LogP) is -2.30. The molecule has 0 radical (unpaired) electrons. The van der Waals surface area contributed by atoms with Crippen LogP contribution in [-0.4, -0.2) is 0 Å². The standard InChI is InChI=1S/ClH.3H3N/h1H;3*1H3. The third-order valence-electron chi connectivity index (χ3n) is 0. The lowest BCUT2D eigenvalue weighted by atomic mass is 14.0. The highest BCUT2D eigenvalue weighted by molar-refractivity contribution is 2.14. The molecule has 0 aliphatic rings. The molecule has 0 heterocycles. The van der Waals surface area contributed by atoms with Crippen LogP contribution in [0.25, 0.3) is 0 Å². The van der Waals surface area contributed by atoms with Crippen molar-refractivity contribution < 1.29 is 12.4 Å². The predicted molar refractivity (Wildman–Crippen MR) is 16.0 cm³/mol. The first-order valence-electron chi connectivity index (χ1n) is 0. The normalized spacial score (nSPS) is 0. The highest BCUT2D eigenvalue weighted by Gasteiger charge is -0.343. The molecule has 0 unspecified atom stereocenters. The highest BCUT2D eigenvalue weighted by Crippen LogP contribution is -0.479. The SMILES string of the molecule is N.N.[Cl-].[NH4+]. The third kappa shape index (κ3) is 103. The van der Waals surface area contributed by atoms with Gasteiger partial charge in [0.2, 0.25) is 0 Å².